The molecule has 108 valence electrons. The van der Waals surface area contributed by atoms with Crippen molar-refractivity contribution in [2.24, 2.45) is 0 Å². The molecule has 0 bridgehead atoms. The molecule has 1 aliphatic carbocycles. The van der Waals surface area contributed by atoms with Crippen LogP contribution in [0.2, 0.25) is 0 Å². The second-order valence-corrected chi connectivity index (χ2v) is 5.64. The van der Waals surface area contributed by atoms with E-state index in [4.69, 9.17) is 10.8 Å². The van der Waals surface area contributed by atoms with E-state index in [0.29, 0.717) is 6.04 Å². The number of nitrogens with two attached hydrogens (primary N) is 1. The highest BCUT2D eigenvalue weighted by Crippen LogP contribution is 2.30. The first-order valence-electron chi connectivity index (χ1n) is 7.65. The Hall–Kier alpha value is -1.78. The van der Waals surface area contributed by atoms with E-state index in [1.54, 1.807) is 0 Å². The highest BCUT2D eigenvalue weighted by Gasteiger charge is 2.18. The summed E-state index contributed by atoms with van der Waals surface area (Å²) >= 11 is 0. The van der Waals surface area contributed by atoms with E-state index in [0.717, 1.165) is 23.5 Å². The van der Waals surface area contributed by atoms with Gasteiger partial charge in [-0.2, -0.15) is 10.2 Å². The fourth-order valence-corrected chi connectivity index (χ4v) is 3.00. The van der Waals surface area contributed by atoms with Crippen molar-refractivity contribution in [3.05, 3.63) is 18.6 Å². The normalized spacial score (nSPS) is 17.2. The van der Waals surface area contributed by atoms with Gasteiger partial charge in [-0.3, -0.25) is 9.36 Å². The Labute approximate surface area is 119 Å². The van der Waals surface area contributed by atoms with Gasteiger partial charge in [-0.1, -0.05) is 25.7 Å². The first-order chi connectivity index (χ1) is 9.78. The lowest BCUT2D eigenvalue weighted by atomic mass is 10.1. The fourth-order valence-electron chi connectivity index (χ4n) is 3.00. The van der Waals surface area contributed by atoms with Crippen molar-refractivity contribution in [3.8, 4) is 11.3 Å². The van der Waals surface area contributed by atoms with Crippen LogP contribution < -0.4 is 5.73 Å². The molecule has 2 aromatic rings. The molecular weight excluding hydrogens is 250 g/mol. The van der Waals surface area contributed by atoms with Gasteiger partial charge in [0, 0.05) is 24.5 Å². The second kappa shape index (κ2) is 5.69. The van der Waals surface area contributed by atoms with Gasteiger partial charge in [0.15, 0.2) is 0 Å². The minimum absolute atomic E-state index is 0.509. The largest absolute Gasteiger partial charge is 0.396 e. The van der Waals surface area contributed by atoms with Crippen LogP contribution in [0.3, 0.4) is 0 Å². The maximum atomic E-state index is 6.15. The minimum Gasteiger partial charge on any atom is -0.396 e. The van der Waals surface area contributed by atoms with Crippen LogP contribution in [0.15, 0.2) is 18.6 Å². The molecule has 1 saturated carbocycles. The van der Waals surface area contributed by atoms with Crippen LogP contribution in [0.5, 0.6) is 0 Å². The molecule has 0 radical (unpaired) electrons. The van der Waals surface area contributed by atoms with Crippen LogP contribution in [0.25, 0.3) is 11.3 Å². The van der Waals surface area contributed by atoms with Crippen molar-refractivity contribution in [3.63, 3.8) is 0 Å². The van der Waals surface area contributed by atoms with E-state index in [2.05, 4.69) is 16.7 Å². The smallest absolute Gasteiger partial charge is 0.118 e. The molecule has 1 fully saturated rings. The number of hydrogen-bond donors (Lipinski definition) is 1. The summed E-state index contributed by atoms with van der Waals surface area (Å²) in [5.41, 5.74) is 8.78. The molecule has 0 aromatic carbocycles. The number of anilines is 1. The summed E-state index contributed by atoms with van der Waals surface area (Å²) in [6, 6.07) is 0.509. The third-order valence-corrected chi connectivity index (χ3v) is 4.19. The highest BCUT2D eigenvalue weighted by molar-refractivity contribution is 5.70. The summed E-state index contributed by atoms with van der Waals surface area (Å²) in [5, 5.41) is 9.03. The second-order valence-electron chi connectivity index (χ2n) is 5.64. The van der Waals surface area contributed by atoms with Crippen molar-refractivity contribution >= 4 is 5.69 Å². The summed E-state index contributed by atoms with van der Waals surface area (Å²) in [5.74, 6) is 0. The molecule has 2 heterocycles. The zero-order valence-electron chi connectivity index (χ0n) is 12.1. The fraction of sp³-hybridized carbons (Fsp3) is 0.600. The quantitative estimate of drug-likeness (QED) is 0.873. The molecular formula is C15H23N5. The van der Waals surface area contributed by atoms with Crippen LogP contribution in [0.1, 0.15) is 51.5 Å². The molecule has 0 spiro atoms. The Balaban J connectivity index is 1.86. The predicted molar refractivity (Wildman–Crippen MR) is 80.3 cm³/mol. The van der Waals surface area contributed by atoms with E-state index in [1.807, 2.05) is 23.3 Å². The topological polar surface area (TPSA) is 61.7 Å². The predicted octanol–water partition coefficient (Wildman–Crippen LogP) is 3.24. The van der Waals surface area contributed by atoms with Gasteiger partial charge in [0.1, 0.15) is 5.69 Å². The molecule has 0 amide bonds. The Morgan fingerprint density at radius 3 is 2.60 bits per heavy atom. The van der Waals surface area contributed by atoms with Gasteiger partial charge in [-0.05, 0) is 19.8 Å². The van der Waals surface area contributed by atoms with Gasteiger partial charge in [-0.15, -0.1) is 0 Å². The third kappa shape index (κ3) is 2.57. The Morgan fingerprint density at radius 1 is 1.20 bits per heavy atom. The number of aryl methyl sites for hydroxylation is 1. The molecule has 1 aliphatic rings. The van der Waals surface area contributed by atoms with Gasteiger partial charge >= 0.3 is 0 Å². The van der Waals surface area contributed by atoms with Crippen molar-refractivity contribution < 1.29 is 0 Å². The van der Waals surface area contributed by atoms with E-state index < -0.39 is 0 Å². The lowest BCUT2D eigenvalue weighted by molar-refractivity contribution is 0.406. The molecule has 2 N–H and O–H groups in total. The zero-order chi connectivity index (χ0) is 13.9. The lowest BCUT2D eigenvalue weighted by Crippen LogP contribution is -2.08. The first-order valence-corrected chi connectivity index (χ1v) is 7.65. The third-order valence-electron chi connectivity index (χ3n) is 4.19. The number of nitrogen functional groups attached to an aromatic ring is 1. The van der Waals surface area contributed by atoms with E-state index >= 15 is 0 Å². The SMILES string of the molecule is CCn1cc(-c2nn(C3CCCCCC3)cc2N)cn1. The maximum absolute atomic E-state index is 6.15. The molecule has 0 atom stereocenters. The van der Waals surface area contributed by atoms with Crippen molar-refractivity contribution in [1.82, 2.24) is 19.6 Å². The molecule has 0 unspecified atom stereocenters. The number of nitrogens with zero attached hydrogens (tertiary/aromatic N) is 4. The molecule has 3 rings (SSSR count). The Bertz CT molecular complexity index is 561. The zero-order valence-corrected chi connectivity index (χ0v) is 12.1. The van der Waals surface area contributed by atoms with Gasteiger partial charge in [-0.25, -0.2) is 0 Å². The lowest BCUT2D eigenvalue weighted by Gasteiger charge is -2.14. The van der Waals surface area contributed by atoms with Crippen LogP contribution in [-0.2, 0) is 6.54 Å². The van der Waals surface area contributed by atoms with Crippen LogP contribution in [0.4, 0.5) is 5.69 Å². The average Bonchev–Trinajstić information content (AvgIpc) is 2.97. The average molecular weight is 273 g/mol. The first kappa shape index (κ1) is 13.2. The van der Waals surface area contributed by atoms with Crippen LogP contribution in [-0.4, -0.2) is 19.6 Å². The maximum Gasteiger partial charge on any atom is 0.118 e. The molecule has 20 heavy (non-hydrogen) atoms. The van der Waals surface area contributed by atoms with E-state index in [9.17, 15) is 0 Å². The molecule has 5 heteroatoms. The highest BCUT2D eigenvalue weighted by atomic mass is 15.3. The standard InChI is InChI=1S/C15H23N5/c1-2-19-10-12(9-17-19)15-14(16)11-20(18-15)13-7-5-3-4-6-8-13/h9-11,13H,2-8,16H2,1H3. The van der Waals surface area contributed by atoms with Gasteiger partial charge in [0.05, 0.1) is 17.9 Å². The summed E-state index contributed by atoms with van der Waals surface area (Å²) in [6.07, 6.45) is 13.6. The Kier molecular flexibility index (Phi) is 3.76. The van der Waals surface area contributed by atoms with Gasteiger partial charge in [0.25, 0.3) is 0 Å². The number of rotatable bonds is 3. The van der Waals surface area contributed by atoms with Crippen LogP contribution in [0, 0.1) is 0 Å². The number of aromatic nitrogens is 4. The monoisotopic (exact) mass is 273 g/mol. The van der Waals surface area contributed by atoms with Crippen molar-refractivity contribution in [2.45, 2.75) is 58.0 Å². The number of hydrogen-bond acceptors (Lipinski definition) is 3. The molecule has 5 nitrogen and oxygen atoms in total. The van der Waals surface area contributed by atoms with Crippen molar-refractivity contribution in [1.29, 1.82) is 0 Å². The summed E-state index contributed by atoms with van der Waals surface area (Å²) in [7, 11) is 0. The summed E-state index contributed by atoms with van der Waals surface area (Å²) in [4.78, 5) is 0. The Morgan fingerprint density at radius 2 is 1.95 bits per heavy atom. The van der Waals surface area contributed by atoms with Crippen LogP contribution >= 0.6 is 0 Å². The van der Waals surface area contributed by atoms with Crippen molar-refractivity contribution in [2.75, 3.05) is 5.73 Å². The van der Waals surface area contributed by atoms with E-state index in [-0.39, 0.29) is 0 Å². The summed E-state index contributed by atoms with van der Waals surface area (Å²) < 4.78 is 3.98. The van der Waals surface area contributed by atoms with E-state index in [1.165, 1.54) is 38.5 Å². The molecule has 2 aromatic heterocycles. The minimum atomic E-state index is 0.509. The molecule has 0 aliphatic heterocycles. The summed E-state index contributed by atoms with van der Waals surface area (Å²) in [6.45, 7) is 2.94. The molecule has 0 saturated heterocycles. The van der Waals surface area contributed by atoms with Gasteiger partial charge < -0.3 is 5.73 Å². The van der Waals surface area contributed by atoms with Gasteiger partial charge in [0.2, 0.25) is 0 Å².